The molecule has 0 aliphatic rings. The highest BCUT2D eigenvalue weighted by Crippen LogP contribution is 2.27. The molecule has 0 radical (unpaired) electrons. The minimum Gasteiger partial charge on any atom is -0.496 e. The third kappa shape index (κ3) is 3.54. The summed E-state index contributed by atoms with van der Waals surface area (Å²) in [5.41, 5.74) is 1.44. The molecule has 116 valence electrons. The molecule has 0 aliphatic carbocycles. The number of carbonyl (C=O) groups excluding carboxylic acids is 1. The lowest BCUT2D eigenvalue weighted by molar-refractivity contribution is 0.0739. The van der Waals surface area contributed by atoms with Gasteiger partial charge in [-0.05, 0) is 42.8 Å². The zero-order valence-corrected chi connectivity index (χ0v) is 14.2. The average Bonchev–Trinajstić information content (AvgIpc) is 2.53. The Kier molecular flexibility index (Phi) is 5.33. The van der Waals surface area contributed by atoms with E-state index in [0.717, 1.165) is 5.56 Å². The van der Waals surface area contributed by atoms with Crippen molar-refractivity contribution in [1.82, 2.24) is 4.90 Å². The van der Waals surface area contributed by atoms with Crippen LogP contribution in [-0.4, -0.2) is 25.0 Å². The first-order valence-electron chi connectivity index (χ1n) is 6.80. The van der Waals surface area contributed by atoms with Crippen LogP contribution in [0.3, 0.4) is 0 Å². The number of hydrogen-bond donors (Lipinski definition) is 0. The molecule has 0 N–H and O–H groups in total. The van der Waals surface area contributed by atoms with E-state index < -0.39 is 0 Å². The smallest absolute Gasteiger partial charge is 0.257 e. The number of nitrogens with zero attached hydrogens (tertiary/aromatic N) is 1. The lowest BCUT2D eigenvalue weighted by Gasteiger charge is -2.26. The number of hydrogen-bond acceptors (Lipinski definition) is 2. The minimum absolute atomic E-state index is 0.103. The lowest BCUT2D eigenvalue weighted by atomic mass is 10.1. The molecule has 0 spiro atoms. The number of halogens is 2. The van der Waals surface area contributed by atoms with E-state index in [1.165, 1.54) is 7.11 Å². The lowest BCUT2D eigenvalue weighted by Crippen LogP contribution is -2.30. The van der Waals surface area contributed by atoms with Gasteiger partial charge >= 0.3 is 0 Å². The fourth-order valence-electron chi connectivity index (χ4n) is 2.18. The Morgan fingerprint density at radius 2 is 1.68 bits per heavy atom. The Hall–Kier alpha value is -1.71. The molecule has 0 heterocycles. The van der Waals surface area contributed by atoms with Gasteiger partial charge in [-0.1, -0.05) is 35.3 Å². The van der Waals surface area contributed by atoms with Gasteiger partial charge in [-0.3, -0.25) is 4.79 Å². The van der Waals surface area contributed by atoms with Crippen molar-refractivity contribution < 1.29 is 9.53 Å². The summed E-state index contributed by atoms with van der Waals surface area (Å²) in [6.07, 6.45) is 0. The second-order valence-electron chi connectivity index (χ2n) is 4.99. The fraction of sp³-hybridized carbons (Fsp3) is 0.235. The monoisotopic (exact) mass is 337 g/mol. The second kappa shape index (κ2) is 7.03. The number of rotatable bonds is 4. The van der Waals surface area contributed by atoms with Gasteiger partial charge in [-0.25, -0.2) is 0 Å². The number of carbonyl (C=O) groups is 1. The van der Waals surface area contributed by atoms with E-state index >= 15 is 0 Å². The maximum atomic E-state index is 12.7. The molecule has 0 saturated heterocycles. The van der Waals surface area contributed by atoms with E-state index in [4.69, 9.17) is 27.9 Å². The molecule has 3 nitrogen and oxygen atoms in total. The van der Waals surface area contributed by atoms with Crippen LogP contribution in [0.1, 0.15) is 28.9 Å². The Morgan fingerprint density at radius 3 is 2.27 bits per heavy atom. The van der Waals surface area contributed by atoms with Crippen molar-refractivity contribution in [3.63, 3.8) is 0 Å². The minimum atomic E-state index is -0.151. The maximum Gasteiger partial charge on any atom is 0.257 e. The van der Waals surface area contributed by atoms with Crippen LogP contribution in [0.4, 0.5) is 0 Å². The summed E-state index contributed by atoms with van der Waals surface area (Å²) in [7, 11) is 3.28. The van der Waals surface area contributed by atoms with Gasteiger partial charge in [0.15, 0.2) is 0 Å². The summed E-state index contributed by atoms with van der Waals surface area (Å²) in [6.45, 7) is 1.96. The van der Waals surface area contributed by atoms with Crippen molar-refractivity contribution in [2.45, 2.75) is 13.0 Å². The van der Waals surface area contributed by atoms with Crippen LogP contribution >= 0.6 is 23.2 Å². The van der Waals surface area contributed by atoms with Gasteiger partial charge in [0.25, 0.3) is 5.91 Å². The molecule has 2 rings (SSSR count). The average molecular weight is 338 g/mol. The zero-order chi connectivity index (χ0) is 16.3. The molecule has 2 aromatic carbocycles. The quantitative estimate of drug-likeness (QED) is 0.799. The molecule has 1 amide bonds. The molecule has 0 fully saturated rings. The number of benzene rings is 2. The van der Waals surface area contributed by atoms with Crippen LogP contribution < -0.4 is 4.74 Å². The predicted molar refractivity (Wildman–Crippen MR) is 90.0 cm³/mol. The van der Waals surface area contributed by atoms with Gasteiger partial charge in [0.2, 0.25) is 0 Å². The van der Waals surface area contributed by atoms with Crippen molar-refractivity contribution in [1.29, 1.82) is 0 Å². The second-order valence-corrected chi connectivity index (χ2v) is 5.86. The molecule has 0 aromatic heterocycles. The highest BCUT2D eigenvalue weighted by atomic mass is 35.5. The first kappa shape index (κ1) is 16.7. The Balaban J connectivity index is 2.28. The number of methoxy groups -OCH3 is 1. The Morgan fingerprint density at radius 1 is 1.09 bits per heavy atom. The largest absolute Gasteiger partial charge is 0.496 e. The predicted octanol–water partition coefficient (Wildman–Crippen LogP) is 4.84. The summed E-state index contributed by atoms with van der Waals surface area (Å²) in [5, 5.41) is 1.16. The van der Waals surface area contributed by atoms with Crippen LogP contribution in [0.2, 0.25) is 10.0 Å². The molecular formula is C17H17Cl2NO2. The standard InChI is InChI=1S/C17H17Cl2NO2/c1-11(12-4-6-13(18)7-5-12)20(2)17(21)15-10-14(19)8-9-16(15)22-3/h4-11H,1-3H3. The van der Waals surface area contributed by atoms with Crippen LogP contribution in [0.15, 0.2) is 42.5 Å². The molecular weight excluding hydrogens is 321 g/mol. The van der Waals surface area contributed by atoms with E-state index in [1.807, 2.05) is 31.2 Å². The summed E-state index contributed by atoms with van der Waals surface area (Å²) in [6, 6.07) is 12.3. The molecule has 5 heteroatoms. The Labute approximate surface area is 140 Å². The summed E-state index contributed by atoms with van der Waals surface area (Å²) in [4.78, 5) is 14.4. The van der Waals surface area contributed by atoms with Crippen molar-refractivity contribution >= 4 is 29.1 Å². The van der Waals surface area contributed by atoms with Crippen LogP contribution in [0, 0.1) is 0 Å². The number of amides is 1. The van der Waals surface area contributed by atoms with Crippen molar-refractivity contribution in [3.8, 4) is 5.75 Å². The molecule has 22 heavy (non-hydrogen) atoms. The third-order valence-electron chi connectivity index (χ3n) is 3.65. The summed E-state index contributed by atoms with van der Waals surface area (Å²) >= 11 is 11.9. The van der Waals surface area contributed by atoms with Gasteiger partial charge in [-0.15, -0.1) is 0 Å². The van der Waals surface area contributed by atoms with E-state index in [0.29, 0.717) is 21.4 Å². The third-order valence-corrected chi connectivity index (χ3v) is 4.13. The SMILES string of the molecule is COc1ccc(Cl)cc1C(=O)N(C)C(C)c1ccc(Cl)cc1. The molecule has 0 aliphatic heterocycles. The number of ether oxygens (including phenoxy) is 1. The highest BCUT2D eigenvalue weighted by Gasteiger charge is 2.22. The van der Waals surface area contributed by atoms with Gasteiger partial charge in [0, 0.05) is 17.1 Å². The Bertz CT molecular complexity index is 671. The van der Waals surface area contributed by atoms with E-state index in [-0.39, 0.29) is 11.9 Å². The molecule has 1 unspecified atom stereocenters. The van der Waals surface area contributed by atoms with Crippen molar-refractivity contribution in [2.75, 3.05) is 14.2 Å². The molecule has 1 atom stereocenters. The molecule has 0 bridgehead atoms. The van der Waals surface area contributed by atoms with E-state index in [1.54, 1.807) is 30.1 Å². The fourth-order valence-corrected chi connectivity index (χ4v) is 2.48. The maximum absolute atomic E-state index is 12.7. The van der Waals surface area contributed by atoms with Crippen molar-refractivity contribution in [2.24, 2.45) is 0 Å². The summed E-state index contributed by atoms with van der Waals surface area (Å²) < 4.78 is 5.25. The first-order valence-corrected chi connectivity index (χ1v) is 7.55. The van der Waals surface area contributed by atoms with Gasteiger partial charge < -0.3 is 9.64 Å². The van der Waals surface area contributed by atoms with E-state index in [2.05, 4.69) is 0 Å². The summed E-state index contributed by atoms with van der Waals surface area (Å²) in [5.74, 6) is 0.353. The highest BCUT2D eigenvalue weighted by molar-refractivity contribution is 6.31. The van der Waals surface area contributed by atoms with E-state index in [9.17, 15) is 4.79 Å². The first-order chi connectivity index (χ1) is 10.4. The normalized spacial score (nSPS) is 11.9. The van der Waals surface area contributed by atoms with Gasteiger partial charge in [-0.2, -0.15) is 0 Å². The van der Waals surface area contributed by atoms with Crippen LogP contribution in [0.5, 0.6) is 5.75 Å². The van der Waals surface area contributed by atoms with Crippen molar-refractivity contribution in [3.05, 3.63) is 63.6 Å². The topological polar surface area (TPSA) is 29.5 Å². The van der Waals surface area contributed by atoms with Gasteiger partial charge in [0.1, 0.15) is 5.75 Å². The zero-order valence-electron chi connectivity index (χ0n) is 12.6. The molecule has 2 aromatic rings. The van der Waals surface area contributed by atoms with Crippen LogP contribution in [-0.2, 0) is 0 Å². The molecule has 0 saturated carbocycles. The van der Waals surface area contributed by atoms with Crippen LogP contribution in [0.25, 0.3) is 0 Å². The van der Waals surface area contributed by atoms with Gasteiger partial charge in [0.05, 0.1) is 18.7 Å².